The van der Waals surface area contributed by atoms with Crippen molar-refractivity contribution >= 4 is 5.91 Å². The zero-order chi connectivity index (χ0) is 25.3. The van der Waals surface area contributed by atoms with E-state index in [1.54, 1.807) is 6.26 Å². The standard InChI is InChI=1S/C30H44N2O4/c1-28-13-10-21(32(3)27(34)25-5-4-16-31-25)17-20(28)7-8-24-23(28)11-14-29(2)22(12-15-30(24,29)35)19-6-9-26(33)36-18-19/h6,9,18,20-25,31,35H,4-5,7-8,10-17H2,1-3H3/t20-,21+,22-,23+,24-,25+,28+,29-,30+/m1/s1. The highest BCUT2D eigenvalue weighted by molar-refractivity contribution is 5.82. The van der Waals surface area contributed by atoms with Crippen LogP contribution < -0.4 is 10.9 Å². The maximum Gasteiger partial charge on any atom is 0.335 e. The van der Waals surface area contributed by atoms with Gasteiger partial charge in [0.15, 0.2) is 0 Å². The lowest BCUT2D eigenvalue weighted by molar-refractivity contribution is -0.203. The van der Waals surface area contributed by atoms with Gasteiger partial charge in [-0.05, 0) is 118 Å². The molecule has 6 heteroatoms. The fourth-order valence-electron chi connectivity index (χ4n) is 9.98. The summed E-state index contributed by atoms with van der Waals surface area (Å²) in [5.74, 6) is 2.01. The van der Waals surface area contributed by atoms with Crippen molar-refractivity contribution in [2.45, 2.75) is 108 Å². The Morgan fingerprint density at radius 1 is 1.06 bits per heavy atom. The van der Waals surface area contributed by atoms with Gasteiger partial charge in [-0.25, -0.2) is 4.79 Å². The largest absolute Gasteiger partial charge is 0.431 e. The number of nitrogens with one attached hydrogen (secondary N) is 1. The van der Waals surface area contributed by atoms with Crippen LogP contribution in [0, 0.1) is 28.6 Å². The first-order valence-electron chi connectivity index (χ1n) is 14.5. The van der Waals surface area contributed by atoms with Gasteiger partial charge in [-0.2, -0.15) is 0 Å². The van der Waals surface area contributed by atoms with E-state index in [-0.39, 0.29) is 34.3 Å². The van der Waals surface area contributed by atoms with Crippen LogP contribution in [-0.2, 0) is 4.79 Å². The van der Waals surface area contributed by atoms with Crippen molar-refractivity contribution in [1.29, 1.82) is 0 Å². The third-order valence-electron chi connectivity index (χ3n) is 12.2. The van der Waals surface area contributed by atoms with E-state index in [0.717, 1.165) is 82.7 Å². The topological polar surface area (TPSA) is 82.8 Å². The monoisotopic (exact) mass is 496 g/mol. The van der Waals surface area contributed by atoms with Crippen LogP contribution in [0.25, 0.3) is 0 Å². The molecule has 1 aromatic heterocycles. The Balaban J connectivity index is 1.20. The smallest absolute Gasteiger partial charge is 0.335 e. The molecule has 1 amide bonds. The quantitative estimate of drug-likeness (QED) is 0.646. The Labute approximate surface area is 215 Å². The lowest BCUT2D eigenvalue weighted by Gasteiger charge is -2.64. The number of hydrogen-bond donors (Lipinski definition) is 2. The normalized spacial score (nSPS) is 46.0. The number of aliphatic hydroxyl groups is 1. The van der Waals surface area contributed by atoms with Crippen LogP contribution in [0.1, 0.15) is 96.0 Å². The summed E-state index contributed by atoms with van der Waals surface area (Å²) in [5.41, 5.74) is 0.146. The number of carbonyl (C=O) groups is 1. The molecule has 0 bridgehead atoms. The van der Waals surface area contributed by atoms with Gasteiger partial charge in [0, 0.05) is 24.6 Å². The van der Waals surface area contributed by atoms with Crippen molar-refractivity contribution in [2.24, 2.45) is 28.6 Å². The van der Waals surface area contributed by atoms with Crippen LogP contribution in [0.5, 0.6) is 0 Å². The summed E-state index contributed by atoms with van der Waals surface area (Å²) in [6.07, 6.45) is 13.2. The average Bonchev–Trinajstić information content (AvgIpc) is 3.50. The van der Waals surface area contributed by atoms with Crippen molar-refractivity contribution in [2.75, 3.05) is 13.6 Å². The zero-order valence-electron chi connectivity index (χ0n) is 22.3. The predicted molar refractivity (Wildman–Crippen MR) is 138 cm³/mol. The molecule has 0 unspecified atom stereocenters. The molecule has 4 saturated carbocycles. The SMILES string of the molecule is CN(C(=O)[C@@H]1CCCN1)[C@H]1CC[C@@]2(C)[C@H](CC[C@@H]3[C@@H]2CC[C@]2(C)[C@@H](c4ccc(=O)oc4)CC[C@]32O)C1. The van der Waals surface area contributed by atoms with E-state index < -0.39 is 5.60 Å². The van der Waals surface area contributed by atoms with Crippen molar-refractivity contribution < 1.29 is 14.3 Å². The van der Waals surface area contributed by atoms with E-state index in [1.807, 2.05) is 13.1 Å². The van der Waals surface area contributed by atoms with Crippen LogP contribution in [-0.4, -0.2) is 47.2 Å². The number of carbonyl (C=O) groups excluding carboxylic acids is 1. The number of hydrogen-bond acceptors (Lipinski definition) is 5. The fourth-order valence-corrected chi connectivity index (χ4v) is 9.98. The summed E-state index contributed by atoms with van der Waals surface area (Å²) >= 11 is 0. The number of fused-ring (bicyclic) bond motifs is 5. The van der Waals surface area contributed by atoms with Crippen LogP contribution >= 0.6 is 0 Å². The maximum atomic E-state index is 13.1. The second kappa shape index (κ2) is 8.69. The number of rotatable bonds is 3. The number of amides is 1. The lowest BCUT2D eigenvalue weighted by atomic mass is 9.43. The van der Waals surface area contributed by atoms with Gasteiger partial charge >= 0.3 is 5.63 Å². The highest BCUT2D eigenvalue weighted by atomic mass is 16.4. The molecule has 6 nitrogen and oxygen atoms in total. The van der Waals surface area contributed by atoms with Crippen molar-refractivity contribution in [3.8, 4) is 0 Å². The Hall–Kier alpha value is -1.66. The van der Waals surface area contributed by atoms with Crippen LogP contribution in [0.3, 0.4) is 0 Å². The van der Waals surface area contributed by atoms with Crippen LogP contribution in [0.15, 0.2) is 27.6 Å². The average molecular weight is 497 g/mol. The molecule has 1 aromatic rings. The Morgan fingerprint density at radius 2 is 1.89 bits per heavy atom. The summed E-state index contributed by atoms with van der Waals surface area (Å²) in [6, 6.07) is 3.79. The highest BCUT2D eigenvalue weighted by Gasteiger charge is 2.67. The van der Waals surface area contributed by atoms with E-state index in [1.165, 1.54) is 6.07 Å². The first kappa shape index (κ1) is 24.7. The third kappa shape index (κ3) is 3.49. The zero-order valence-corrected chi connectivity index (χ0v) is 22.3. The van der Waals surface area contributed by atoms with Gasteiger partial charge in [0.25, 0.3) is 0 Å². The molecule has 0 spiro atoms. The maximum absolute atomic E-state index is 13.1. The highest BCUT2D eigenvalue weighted by Crippen LogP contribution is 2.70. The molecule has 0 aromatic carbocycles. The lowest BCUT2D eigenvalue weighted by Crippen LogP contribution is -2.62. The minimum atomic E-state index is -0.664. The van der Waals surface area contributed by atoms with E-state index in [2.05, 4.69) is 24.1 Å². The van der Waals surface area contributed by atoms with Crippen LogP contribution in [0.4, 0.5) is 0 Å². The Bertz CT molecular complexity index is 1040. The van der Waals surface area contributed by atoms with Crippen LogP contribution in [0.2, 0.25) is 0 Å². The Morgan fingerprint density at radius 3 is 2.61 bits per heavy atom. The predicted octanol–water partition coefficient (Wildman–Crippen LogP) is 4.46. The molecule has 4 aliphatic carbocycles. The van der Waals surface area contributed by atoms with E-state index in [4.69, 9.17) is 4.42 Å². The van der Waals surface area contributed by atoms with Gasteiger partial charge in [0.2, 0.25) is 5.91 Å². The third-order valence-corrected chi connectivity index (χ3v) is 12.2. The van der Waals surface area contributed by atoms with Gasteiger partial charge in [-0.15, -0.1) is 0 Å². The molecule has 1 saturated heterocycles. The molecule has 1 aliphatic heterocycles. The summed E-state index contributed by atoms with van der Waals surface area (Å²) in [4.78, 5) is 26.7. The fraction of sp³-hybridized carbons (Fsp3) is 0.800. The molecule has 198 valence electrons. The first-order chi connectivity index (χ1) is 17.2. The van der Waals surface area contributed by atoms with E-state index in [0.29, 0.717) is 23.8 Å². The molecule has 9 atom stereocenters. The van der Waals surface area contributed by atoms with Gasteiger partial charge in [0.05, 0.1) is 17.9 Å². The van der Waals surface area contributed by atoms with Gasteiger partial charge in [-0.1, -0.05) is 13.8 Å². The molecule has 2 heterocycles. The number of likely N-dealkylation sites (N-methyl/N-ethyl adjacent to an activating group) is 1. The number of nitrogens with zero attached hydrogens (tertiary/aromatic N) is 1. The minimum absolute atomic E-state index is 0.0114. The van der Waals surface area contributed by atoms with Crippen molar-refractivity contribution in [3.05, 3.63) is 34.4 Å². The summed E-state index contributed by atoms with van der Waals surface area (Å²) in [7, 11) is 2.03. The molecule has 6 rings (SSSR count). The molecule has 5 fully saturated rings. The van der Waals surface area contributed by atoms with E-state index >= 15 is 0 Å². The second-order valence-corrected chi connectivity index (χ2v) is 13.4. The molecule has 5 aliphatic rings. The molecular weight excluding hydrogens is 452 g/mol. The molecule has 0 radical (unpaired) electrons. The first-order valence-corrected chi connectivity index (χ1v) is 14.5. The molecule has 2 N–H and O–H groups in total. The summed E-state index contributed by atoms with van der Waals surface area (Å²) in [6.45, 7) is 5.77. The second-order valence-electron chi connectivity index (χ2n) is 13.4. The van der Waals surface area contributed by atoms with Crippen molar-refractivity contribution in [1.82, 2.24) is 10.2 Å². The molecular formula is C30H44N2O4. The van der Waals surface area contributed by atoms with Gasteiger partial charge < -0.3 is 19.7 Å². The summed E-state index contributed by atoms with van der Waals surface area (Å²) < 4.78 is 5.23. The minimum Gasteiger partial charge on any atom is -0.431 e. The molecule has 36 heavy (non-hydrogen) atoms. The van der Waals surface area contributed by atoms with Gasteiger partial charge in [-0.3, -0.25) is 4.79 Å². The Kier molecular flexibility index (Phi) is 5.95. The van der Waals surface area contributed by atoms with E-state index in [9.17, 15) is 14.7 Å². The van der Waals surface area contributed by atoms with Crippen molar-refractivity contribution in [3.63, 3.8) is 0 Å². The summed E-state index contributed by atoms with van der Waals surface area (Å²) in [5, 5.41) is 15.8. The van der Waals surface area contributed by atoms with Gasteiger partial charge in [0.1, 0.15) is 0 Å².